The van der Waals surface area contributed by atoms with Gasteiger partial charge in [0.05, 0.1) is 17.3 Å². The second-order valence-corrected chi connectivity index (χ2v) is 6.56. The second kappa shape index (κ2) is 6.33. The predicted octanol–water partition coefficient (Wildman–Crippen LogP) is 3.30. The maximum atomic E-state index is 12.8. The van der Waals surface area contributed by atoms with Crippen molar-refractivity contribution in [1.82, 2.24) is 9.55 Å². The van der Waals surface area contributed by atoms with E-state index >= 15 is 0 Å². The Labute approximate surface area is 146 Å². The van der Waals surface area contributed by atoms with Crippen molar-refractivity contribution in [2.75, 3.05) is 25.6 Å². The van der Waals surface area contributed by atoms with Gasteiger partial charge in [0.15, 0.2) is 0 Å². The highest BCUT2D eigenvalue weighted by Crippen LogP contribution is 2.32. The summed E-state index contributed by atoms with van der Waals surface area (Å²) in [5, 5.41) is 0.954. The quantitative estimate of drug-likeness (QED) is 0.737. The number of nitrogens with zero attached hydrogens (tertiary/aromatic N) is 3. The van der Waals surface area contributed by atoms with E-state index in [1.54, 1.807) is 4.57 Å². The van der Waals surface area contributed by atoms with Crippen molar-refractivity contribution in [2.45, 2.75) is 18.9 Å². The third-order valence-corrected chi connectivity index (χ3v) is 4.64. The molecule has 5 nitrogen and oxygen atoms in total. The molecular formula is C20H21N3O2. The van der Waals surface area contributed by atoms with Gasteiger partial charge in [0, 0.05) is 26.1 Å². The topological polar surface area (TPSA) is 47.4 Å². The largest absolute Gasteiger partial charge is 0.374 e. The average molecular weight is 335 g/mol. The van der Waals surface area contributed by atoms with E-state index in [0.717, 1.165) is 41.6 Å². The predicted molar refractivity (Wildman–Crippen MR) is 99.6 cm³/mol. The van der Waals surface area contributed by atoms with Gasteiger partial charge in [-0.1, -0.05) is 24.3 Å². The van der Waals surface area contributed by atoms with E-state index < -0.39 is 0 Å². The molecular weight excluding hydrogens is 314 g/mol. The summed E-state index contributed by atoms with van der Waals surface area (Å²) in [7, 11) is 3.81. The molecule has 128 valence electrons. The van der Waals surface area contributed by atoms with Gasteiger partial charge in [-0.25, -0.2) is 4.79 Å². The molecule has 4 rings (SSSR count). The summed E-state index contributed by atoms with van der Waals surface area (Å²) in [6, 6.07) is 15.9. The van der Waals surface area contributed by atoms with Crippen LogP contribution in [0.5, 0.6) is 0 Å². The molecule has 0 saturated carbocycles. The van der Waals surface area contributed by atoms with Crippen molar-refractivity contribution in [3.8, 4) is 5.69 Å². The molecule has 0 N–H and O–H groups in total. The van der Waals surface area contributed by atoms with Crippen LogP contribution in [0, 0.1) is 0 Å². The Bertz CT molecular complexity index is 958. The molecule has 0 radical (unpaired) electrons. The fraction of sp³-hybridized carbons (Fsp3) is 0.300. The van der Waals surface area contributed by atoms with Gasteiger partial charge in [0.25, 0.3) is 0 Å². The minimum Gasteiger partial charge on any atom is -0.374 e. The zero-order valence-electron chi connectivity index (χ0n) is 14.5. The number of aromatic nitrogens is 2. The Morgan fingerprint density at radius 1 is 1.16 bits per heavy atom. The van der Waals surface area contributed by atoms with E-state index in [4.69, 9.17) is 4.74 Å². The van der Waals surface area contributed by atoms with Crippen LogP contribution >= 0.6 is 0 Å². The number of benzene rings is 2. The van der Waals surface area contributed by atoms with Crippen molar-refractivity contribution >= 4 is 16.7 Å². The molecule has 1 atom stereocenters. The van der Waals surface area contributed by atoms with Crippen molar-refractivity contribution in [2.24, 2.45) is 0 Å². The van der Waals surface area contributed by atoms with Crippen LogP contribution in [-0.4, -0.2) is 30.3 Å². The normalized spacial score (nSPS) is 17.1. The molecule has 3 aromatic rings. The van der Waals surface area contributed by atoms with Gasteiger partial charge >= 0.3 is 5.69 Å². The van der Waals surface area contributed by atoms with Crippen LogP contribution in [0.1, 0.15) is 24.5 Å². The van der Waals surface area contributed by atoms with Crippen LogP contribution < -0.4 is 10.6 Å². The lowest BCUT2D eigenvalue weighted by molar-refractivity contribution is 0.112. The maximum Gasteiger partial charge on any atom is 0.354 e. The number of ether oxygens (including phenoxy) is 1. The van der Waals surface area contributed by atoms with Crippen LogP contribution in [0.4, 0.5) is 5.82 Å². The lowest BCUT2D eigenvalue weighted by Crippen LogP contribution is -2.25. The fourth-order valence-corrected chi connectivity index (χ4v) is 3.43. The van der Waals surface area contributed by atoms with E-state index in [9.17, 15) is 4.79 Å². The number of rotatable bonds is 3. The highest BCUT2D eigenvalue weighted by atomic mass is 16.5. The summed E-state index contributed by atoms with van der Waals surface area (Å²) in [6.45, 7) is 0.799. The molecule has 5 heteroatoms. The van der Waals surface area contributed by atoms with Gasteiger partial charge in [-0.2, -0.15) is 4.98 Å². The van der Waals surface area contributed by atoms with Gasteiger partial charge in [-0.15, -0.1) is 0 Å². The molecule has 0 amide bonds. The number of fused-ring (bicyclic) bond motifs is 1. The first-order valence-corrected chi connectivity index (χ1v) is 8.56. The molecule has 0 bridgehead atoms. The van der Waals surface area contributed by atoms with Gasteiger partial charge in [0.1, 0.15) is 5.82 Å². The van der Waals surface area contributed by atoms with Crippen LogP contribution in [-0.2, 0) is 4.74 Å². The first kappa shape index (κ1) is 15.8. The molecule has 1 saturated heterocycles. The summed E-state index contributed by atoms with van der Waals surface area (Å²) in [4.78, 5) is 19.0. The van der Waals surface area contributed by atoms with E-state index in [0.29, 0.717) is 5.82 Å². The molecule has 1 aliphatic rings. The van der Waals surface area contributed by atoms with Crippen LogP contribution in [0.2, 0.25) is 0 Å². The average Bonchev–Trinajstić information content (AvgIpc) is 3.16. The lowest BCUT2D eigenvalue weighted by atomic mass is 10.0. The number of hydrogen-bond donors (Lipinski definition) is 0. The van der Waals surface area contributed by atoms with Crippen LogP contribution in [0.3, 0.4) is 0 Å². The Hall–Kier alpha value is -2.66. The molecule has 0 aliphatic carbocycles. The lowest BCUT2D eigenvalue weighted by Gasteiger charge is -2.19. The van der Waals surface area contributed by atoms with Crippen molar-refractivity contribution in [3.05, 3.63) is 64.6 Å². The molecule has 1 unspecified atom stereocenters. The number of para-hydroxylation sites is 1. The molecule has 0 spiro atoms. The van der Waals surface area contributed by atoms with Gasteiger partial charge in [0.2, 0.25) is 0 Å². The summed E-state index contributed by atoms with van der Waals surface area (Å²) in [6.07, 6.45) is 2.21. The zero-order chi connectivity index (χ0) is 17.4. The minimum absolute atomic E-state index is 0.111. The first-order valence-electron chi connectivity index (χ1n) is 8.56. The molecule has 2 heterocycles. The third-order valence-electron chi connectivity index (χ3n) is 4.64. The standard InChI is InChI=1S/C20H21N3O2/c1-22(2)19-16-11-10-14(18-9-6-12-25-18)13-17(16)23(20(24)21-19)15-7-4-3-5-8-15/h3-5,7-8,10-11,13,18H,6,9,12H2,1-2H3. The van der Waals surface area contributed by atoms with Crippen LogP contribution in [0.25, 0.3) is 16.6 Å². The zero-order valence-corrected chi connectivity index (χ0v) is 14.5. The number of hydrogen-bond acceptors (Lipinski definition) is 4. The van der Waals surface area contributed by atoms with Gasteiger partial charge < -0.3 is 9.64 Å². The van der Waals surface area contributed by atoms with Crippen molar-refractivity contribution in [1.29, 1.82) is 0 Å². The van der Waals surface area contributed by atoms with E-state index in [-0.39, 0.29) is 11.8 Å². The molecule has 1 aliphatic heterocycles. The van der Waals surface area contributed by atoms with Crippen LogP contribution in [0.15, 0.2) is 53.3 Å². The smallest absolute Gasteiger partial charge is 0.354 e. The molecule has 25 heavy (non-hydrogen) atoms. The Morgan fingerprint density at radius 2 is 1.96 bits per heavy atom. The molecule has 1 aromatic heterocycles. The number of anilines is 1. The fourth-order valence-electron chi connectivity index (χ4n) is 3.43. The van der Waals surface area contributed by atoms with Crippen molar-refractivity contribution < 1.29 is 4.74 Å². The first-order chi connectivity index (χ1) is 12.1. The highest BCUT2D eigenvalue weighted by Gasteiger charge is 2.20. The Kier molecular flexibility index (Phi) is 4.01. The summed E-state index contributed by atoms with van der Waals surface area (Å²) in [5.41, 5.74) is 2.53. The highest BCUT2D eigenvalue weighted by molar-refractivity contribution is 5.91. The Morgan fingerprint density at radius 3 is 2.64 bits per heavy atom. The van der Waals surface area contributed by atoms with Gasteiger partial charge in [-0.05, 0) is 42.7 Å². The molecule has 1 fully saturated rings. The monoisotopic (exact) mass is 335 g/mol. The maximum absolute atomic E-state index is 12.8. The van der Waals surface area contributed by atoms with E-state index in [1.807, 2.05) is 55.4 Å². The Balaban J connectivity index is 2.02. The van der Waals surface area contributed by atoms with Crippen molar-refractivity contribution in [3.63, 3.8) is 0 Å². The van der Waals surface area contributed by atoms with Gasteiger partial charge in [-0.3, -0.25) is 4.57 Å². The molecule has 2 aromatic carbocycles. The minimum atomic E-state index is -0.271. The van der Waals surface area contributed by atoms with E-state index in [1.165, 1.54) is 0 Å². The SMILES string of the molecule is CN(C)c1nc(=O)n(-c2ccccc2)c2cc(C3CCCO3)ccc12. The summed E-state index contributed by atoms with van der Waals surface area (Å²) >= 11 is 0. The summed E-state index contributed by atoms with van der Waals surface area (Å²) < 4.78 is 7.51. The third kappa shape index (κ3) is 2.81. The summed E-state index contributed by atoms with van der Waals surface area (Å²) in [5.74, 6) is 0.686. The van der Waals surface area contributed by atoms with E-state index in [2.05, 4.69) is 17.1 Å². The second-order valence-electron chi connectivity index (χ2n) is 6.56.